The van der Waals surface area contributed by atoms with Crippen LogP contribution in [0.2, 0.25) is 0 Å². The molecule has 1 aliphatic rings. The van der Waals surface area contributed by atoms with E-state index in [9.17, 15) is 0 Å². The molecule has 1 aromatic rings. The largest absolute Gasteiger partial charge is 0.371 e. The first-order valence-electron chi connectivity index (χ1n) is 6.10. The van der Waals surface area contributed by atoms with Crippen LogP contribution in [-0.2, 0) is 4.74 Å². The van der Waals surface area contributed by atoms with E-state index >= 15 is 0 Å². The number of aromatic nitrogens is 1. The van der Waals surface area contributed by atoms with Crippen molar-refractivity contribution in [1.29, 1.82) is 0 Å². The number of rotatable bonds is 5. The Morgan fingerprint density at radius 1 is 1.62 bits per heavy atom. The third-order valence-corrected chi connectivity index (χ3v) is 3.98. The number of thiazole rings is 1. The number of nitrogens with zero attached hydrogens (tertiary/aromatic N) is 1. The molecule has 0 radical (unpaired) electrons. The number of hydrogen-bond acceptors (Lipinski definition) is 4. The van der Waals surface area contributed by atoms with Crippen molar-refractivity contribution >= 4 is 11.3 Å². The Kier molecular flexibility index (Phi) is 4.75. The molecule has 1 fully saturated rings. The fourth-order valence-corrected chi connectivity index (χ4v) is 2.71. The van der Waals surface area contributed by atoms with Gasteiger partial charge in [0.15, 0.2) is 0 Å². The summed E-state index contributed by atoms with van der Waals surface area (Å²) >= 11 is 1.67. The Hall–Kier alpha value is -0.450. The van der Waals surface area contributed by atoms with E-state index in [4.69, 9.17) is 4.74 Å². The maximum absolute atomic E-state index is 5.80. The van der Waals surface area contributed by atoms with Gasteiger partial charge in [-0.15, -0.1) is 11.3 Å². The highest BCUT2D eigenvalue weighted by molar-refractivity contribution is 7.09. The van der Waals surface area contributed by atoms with Crippen molar-refractivity contribution < 1.29 is 4.74 Å². The summed E-state index contributed by atoms with van der Waals surface area (Å²) in [6.45, 7) is 4.08. The van der Waals surface area contributed by atoms with E-state index in [0.29, 0.717) is 6.04 Å². The highest BCUT2D eigenvalue weighted by Crippen LogP contribution is 2.19. The number of ether oxygens (including phenoxy) is 1. The van der Waals surface area contributed by atoms with E-state index in [0.717, 1.165) is 18.0 Å². The van der Waals surface area contributed by atoms with Crippen molar-refractivity contribution in [2.75, 3.05) is 13.2 Å². The predicted octanol–water partition coefficient (Wildman–Crippen LogP) is 2.75. The van der Waals surface area contributed by atoms with Crippen molar-refractivity contribution in [1.82, 2.24) is 10.3 Å². The quantitative estimate of drug-likeness (QED) is 0.859. The number of piperidine rings is 1. The molecule has 16 heavy (non-hydrogen) atoms. The van der Waals surface area contributed by atoms with E-state index < -0.39 is 0 Å². The zero-order chi connectivity index (χ0) is 11.2. The lowest BCUT2D eigenvalue weighted by Gasteiger charge is -2.23. The minimum absolute atomic E-state index is 0.142. The molecule has 0 bridgehead atoms. The Balaban J connectivity index is 1.63. The van der Waals surface area contributed by atoms with Gasteiger partial charge in [-0.1, -0.05) is 6.42 Å². The Morgan fingerprint density at radius 2 is 2.56 bits per heavy atom. The van der Waals surface area contributed by atoms with E-state index in [1.165, 1.54) is 25.8 Å². The van der Waals surface area contributed by atoms with Crippen molar-refractivity contribution in [2.24, 2.45) is 0 Å². The predicted molar refractivity (Wildman–Crippen MR) is 66.7 cm³/mol. The van der Waals surface area contributed by atoms with Crippen LogP contribution < -0.4 is 5.32 Å². The third-order valence-electron chi connectivity index (χ3n) is 3.05. The van der Waals surface area contributed by atoms with E-state index in [1.807, 2.05) is 11.6 Å². The van der Waals surface area contributed by atoms with Crippen molar-refractivity contribution in [3.05, 3.63) is 16.6 Å². The van der Waals surface area contributed by atoms with Crippen LogP contribution in [0.4, 0.5) is 0 Å². The highest BCUT2D eigenvalue weighted by atomic mass is 32.1. The average Bonchev–Trinajstić information content (AvgIpc) is 2.84. The SMILES string of the molecule is CC(OCCC1CCCCN1)c1nccs1. The minimum Gasteiger partial charge on any atom is -0.371 e. The number of hydrogen-bond donors (Lipinski definition) is 1. The van der Waals surface area contributed by atoms with E-state index in [-0.39, 0.29) is 6.10 Å². The van der Waals surface area contributed by atoms with Crippen LogP contribution in [0.5, 0.6) is 0 Å². The van der Waals surface area contributed by atoms with Crippen LogP contribution in [0, 0.1) is 0 Å². The third kappa shape index (κ3) is 3.54. The van der Waals surface area contributed by atoms with E-state index in [2.05, 4.69) is 17.2 Å². The van der Waals surface area contributed by atoms with Gasteiger partial charge in [-0.2, -0.15) is 0 Å². The van der Waals surface area contributed by atoms with Gasteiger partial charge < -0.3 is 10.1 Å². The molecule has 2 heterocycles. The molecule has 1 aromatic heterocycles. The van der Waals surface area contributed by atoms with Crippen molar-refractivity contribution in [3.8, 4) is 0 Å². The van der Waals surface area contributed by atoms with Gasteiger partial charge in [0.2, 0.25) is 0 Å². The first-order valence-corrected chi connectivity index (χ1v) is 6.98. The molecule has 90 valence electrons. The van der Waals surface area contributed by atoms with Crippen LogP contribution in [0.1, 0.15) is 43.7 Å². The second-order valence-electron chi connectivity index (χ2n) is 4.32. The van der Waals surface area contributed by atoms with Gasteiger partial charge in [0.05, 0.1) is 0 Å². The van der Waals surface area contributed by atoms with Crippen LogP contribution in [0.3, 0.4) is 0 Å². The molecule has 0 amide bonds. The molecular weight excluding hydrogens is 220 g/mol. The molecule has 0 saturated carbocycles. The second kappa shape index (κ2) is 6.33. The standard InChI is InChI=1S/C12H20N2OS/c1-10(12-14-7-9-16-12)15-8-5-11-4-2-3-6-13-11/h7,9-11,13H,2-6,8H2,1H3. The van der Waals surface area contributed by atoms with Crippen LogP contribution in [-0.4, -0.2) is 24.2 Å². The summed E-state index contributed by atoms with van der Waals surface area (Å²) in [6.07, 6.45) is 7.09. The molecule has 2 rings (SSSR count). The Bertz CT molecular complexity index is 283. The first-order chi connectivity index (χ1) is 7.86. The summed E-state index contributed by atoms with van der Waals surface area (Å²) in [6, 6.07) is 0.664. The lowest BCUT2D eigenvalue weighted by Crippen LogP contribution is -2.34. The highest BCUT2D eigenvalue weighted by Gasteiger charge is 2.13. The second-order valence-corrected chi connectivity index (χ2v) is 5.25. The summed E-state index contributed by atoms with van der Waals surface area (Å²) in [7, 11) is 0. The topological polar surface area (TPSA) is 34.1 Å². The number of nitrogens with one attached hydrogen (secondary N) is 1. The van der Waals surface area contributed by atoms with Gasteiger partial charge in [-0.05, 0) is 32.7 Å². The molecule has 0 spiro atoms. The van der Waals surface area contributed by atoms with Gasteiger partial charge in [-0.25, -0.2) is 4.98 Å². The van der Waals surface area contributed by atoms with Crippen molar-refractivity contribution in [2.45, 2.75) is 44.8 Å². The fraction of sp³-hybridized carbons (Fsp3) is 0.750. The normalized spacial score (nSPS) is 23.2. The molecule has 3 nitrogen and oxygen atoms in total. The van der Waals surface area contributed by atoms with Gasteiger partial charge >= 0.3 is 0 Å². The maximum Gasteiger partial charge on any atom is 0.121 e. The molecule has 0 aliphatic carbocycles. The van der Waals surface area contributed by atoms with E-state index in [1.54, 1.807) is 11.3 Å². The molecule has 1 N–H and O–H groups in total. The molecule has 2 unspecified atom stereocenters. The van der Waals surface area contributed by atoms with Crippen LogP contribution in [0.25, 0.3) is 0 Å². The summed E-state index contributed by atoms with van der Waals surface area (Å²) in [4.78, 5) is 4.26. The molecular formula is C12H20N2OS. The first kappa shape index (κ1) is 12.0. The molecule has 0 aromatic carbocycles. The lowest BCUT2D eigenvalue weighted by atomic mass is 10.0. The smallest absolute Gasteiger partial charge is 0.121 e. The van der Waals surface area contributed by atoms with Gasteiger partial charge in [0.25, 0.3) is 0 Å². The summed E-state index contributed by atoms with van der Waals surface area (Å²) in [5.41, 5.74) is 0. The summed E-state index contributed by atoms with van der Waals surface area (Å²) in [5.74, 6) is 0. The Morgan fingerprint density at radius 3 is 3.25 bits per heavy atom. The van der Waals surface area contributed by atoms with Gasteiger partial charge in [-0.3, -0.25) is 0 Å². The summed E-state index contributed by atoms with van der Waals surface area (Å²) in [5, 5.41) is 6.61. The zero-order valence-electron chi connectivity index (χ0n) is 9.82. The van der Waals surface area contributed by atoms with Crippen LogP contribution >= 0.6 is 11.3 Å². The monoisotopic (exact) mass is 240 g/mol. The fourth-order valence-electron chi connectivity index (χ4n) is 2.06. The van der Waals surface area contributed by atoms with Gasteiger partial charge in [0.1, 0.15) is 11.1 Å². The lowest BCUT2D eigenvalue weighted by molar-refractivity contribution is 0.0571. The summed E-state index contributed by atoms with van der Waals surface area (Å²) < 4.78 is 5.80. The van der Waals surface area contributed by atoms with Gasteiger partial charge in [0, 0.05) is 24.2 Å². The molecule has 2 atom stereocenters. The van der Waals surface area contributed by atoms with Crippen LogP contribution in [0.15, 0.2) is 11.6 Å². The minimum atomic E-state index is 0.142. The Labute approximate surface area is 101 Å². The maximum atomic E-state index is 5.80. The zero-order valence-corrected chi connectivity index (χ0v) is 10.6. The molecule has 1 saturated heterocycles. The molecule has 1 aliphatic heterocycles. The molecule has 4 heteroatoms. The average molecular weight is 240 g/mol. The van der Waals surface area contributed by atoms with Crippen molar-refractivity contribution in [3.63, 3.8) is 0 Å².